The molecule has 1 aliphatic heterocycles. The molecule has 2 heterocycles. The molecule has 4 nitrogen and oxygen atoms in total. The highest BCUT2D eigenvalue weighted by molar-refractivity contribution is 7.13. The average molecular weight is 330 g/mol. The van der Waals surface area contributed by atoms with E-state index >= 15 is 0 Å². The highest BCUT2D eigenvalue weighted by Gasteiger charge is 2.21. The number of nitrogens with one attached hydrogen (secondary N) is 1. The molecule has 1 N–H and O–H groups in total. The van der Waals surface area contributed by atoms with Crippen molar-refractivity contribution in [3.63, 3.8) is 0 Å². The number of rotatable bonds is 5. The first-order chi connectivity index (χ1) is 11.2. The number of hydrogen-bond acceptors (Lipinski definition) is 4. The summed E-state index contributed by atoms with van der Waals surface area (Å²) in [5, 5.41) is 2.99. The van der Waals surface area contributed by atoms with E-state index in [1.165, 1.54) is 16.9 Å². The predicted molar refractivity (Wildman–Crippen MR) is 92.8 cm³/mol. The van der Waals surface area contributed by atoms with Gasteiger partial charge in [0.2, 0.25) is 0 Å². The Morgan fingerprint density at radius 2 is 2.13 bits per heavy atom. The largest absolute Gasteiger partial charge is 0.374 e. The summed E-state index contributed by atoms with van der Waals surface area (Å²) < 4.78 is 5.78. The van der Waals surface area contributed by atoms with Gasteiger partial charge in [0.1, 0.15) is 0 Å². The van der Waals surface area contributed by atoms with Crippen LogP contribution in [-0.4, -0.2) is 43.2 Å². The number of benzene rings is 1. The molecule has 1 aromatic heterocycles. The van der Waals surface area contributed by atoms with Gasteiger partial charge in [-0.2, -0.15) is 0 Å². The van der Waals surface area contributed by atoms with E-state index < -0.39 is 0 Å². The zero-order valence-electron chi connectivity index (χ0n) is 13.3. The predicted octanol–water partition coefficient (Wildman–Crippen LogP) is 2.69. The van der Waals surface area contributed by atoms with Crippen LogP contribution in [0.25, 0.3) is 0 Å². The quantitative estimate of drug-likeness (QED) is 0.916. The number of thiophene rings is 1. The van der Waals surface area contributed by atoms with Gasteiger partial charge < -0.3 is 10.1 Å². The van der Waals surface area contributed by atoms with E-state index in [2.05, 4.69) is 34.5 Å². The fourth-order valence-corrected chi connectivity index (χ4v) is 3.52. The Morgan fingerprint density at radius 1 is 1.30 bits per heavy atom. The van der Waals surface area contributed by atoms with Gasteiger partial charge in [0, 0.05) is 31.1 Å². The molecular formula is C18H22N2O2S. The van der Waals surface area contributed by atoms with E-state index in [-0.39, 0.29) is 12.0 Å². The lowest BCUT2D eigenvalue weighted by Crippen LogP contribution is -2.47. The van der Waals surface area contributed by atoms with Gasteiger partial charge in [-0.1, -0.05) is 30.3 Å². The SMILES string of the molecule is Cc1ccc(C(=O)NCC2CN(Cc3ccccc3)CCO2)s1. The van der Waals surface area contributed by atoms with Crippen LogP contribution in [0.15, 0.2) is 42.5 Å². The number of carbonyl (C=O) groups excluding carboxylic acids is 1. The summed E-state index contributed by atoms with van der Waals surface area (Å²) >= 11 is 1.52. The molecule has 1 atom stereocenters. The lowest BCUT2D eigenvalue weighted by molar-refractivity contribution is -0.0292. The Morgan fingerprint density at radius 3 is 2.87 bits per heavy atom. The molecule has 1 amide bonds. The Balaban J connectivity index is 1.48. The second-order valence-electron chi connectivity index (χ2n) is 5.83. The van der Waals surface area contributed by atoms with E-state index in [1.807, 2.05) is 25.1 Å². The van der Waals surface area contributed by atoms with Gasteiger partial charge in [0.05, 0.1) is 17.6 Å². The zero-order chi connectivity index (χ0) is 16.1. The molecule has 0 radical (unpaired) electrons. The van der Waals surface area contributed by atoms with Crippen LogP contribution in [0.2, 0.25) is 0 Å². The molecule has 23 heavy (non-hydrogen) atoms. The lowest BCUT2D eigenvalue weighted by atomic mass is 10.2. The van der Waals surface area contributed by atoms with Gasteiger partial charge in [-0.05, 0) is 24.6 Å². The Hall–Kier alpha value is -1.69. The number of carbonyl (C=O) groups is 1. The second-order valence-corrected chi connectivity index (χ2v) is 7.12. The molecule has 1 unspecified atom stereocenters. The molecule has 122 valence electrons. The van der Waals surface area contributed by atoms with Crippen LogP contribution >= 0.6 is 11.3 Å². The maximum atomic E-state index is 12.1. The summed E-state index contributed by atoms with van der Waals surface area (Å²) in [6, 6.07) is 14.3. The minimum Gasteiger partial charge on any atom is -0.374 e. The molecule has 1 saturated heterocycles. The van der Waals surface area contributed by atoms with Crippen molar-refractivity contribution in [2.45, 2.75) is 19.6 Å². The maximum Gasteiger partial charge on any atom is 0.261 e. The van der Waals surface area contributed by atoms with Crippen LogP contribution < -0.4 is 5.32 Å². The van der Waals surface area contributed by atoms with Gasteiger partial charge >= 0.3 is 0 Å². The first-order valence-electron chi connectivity index (χ1n) is 7.93. The van der Waals surface area contributed by atoms with Gasteiger partial charge in [-0.3, -0.25) is 9.69 Å². The number of aryl methyl sites for hydroxylation is 1. The van der Waals surface area contributed by atoms with E-state index in [9.17, 15) is 4.79 Å². The van der Waals surface area contributed by atoms with Crippen molar-refractivity contribution >= 4 is 17.2 Å². The van der Waals surface area contributed by atoms with E-state index in [0.29, 0.717) is 13.2 Å². The van der Waals surface area contributed by atoms with Crippen LogP contribution in [0.5, 0.6) is 0 Å². The Kier molecular flexibility index (Phi) is 5.43. The topological polar surface area (TPSA) is 41.6 Å². The normalized spacial score (nSPS) is 18.7. The third kappa shape index (κ3) is 4.64. The Labute approximate surface area is 141 Å². The minimum absolute atomic E-state index is 0.00752. The van der Waals surface area contributed by atoms with Gasteiger partial charge in [-0.15, -0.1) is 11.3 Å². The second kappa shape index (κ2) is 7.73. The van der Waals surface area contributed by atoms with Crippen molar-refractivity contribution in [1.29, 1.82) is 0 Å². The maximum absolute atomic E-state index is 12.1. The van der Waals surface area contributed by atoms with E-state index in [4.69, 9.17) is 4.74 Å². The van der Waals surface area contributed by atoms with Crippen molar-refractivity contribution in [2.24, 2.45) is 0 Å². The summed E-state index contributed by atoms with van der Waals surface area (Å²) in [5.74, 6) is -0.00752. The van der Waals surface area contributed by atoms with Gasteiger partial charge in [-0.25, -0.2) is 0 Å². The van der Waals surface area contributed by atoms with Crippen molar-refractivity contribution in [1.82, 2.24) is 10.2 Å². The summed E-state index contributed by atoms with van der Waals surface area (Å²) in [6.45, 7) is 5.99. The highest BCUT2D eigenvalue weighted by Crippen LogP contribution is 2.15. The molecule has 0 spiro atoms. The van der Waals surface area contributed by atoms with Crippen molar-refractivity contribution in [3.8, 4) is 0 Å². The molecule has 1 fully saturated rings. The molecule has 3 rings (SSSR count). The Bertz CT molecular complexity index is 641. The summed E-state index contributed by atoms with van der Waals surface area (Å²) in [6.07, 6.45) is 0.0532. The molecule has 0 aliphatic carbocycles. The summed E-state index contributed by atoms with van der Waals surface area (Å²) in [4.78, 5) is 16.4. The first kappa shape index (κ1) is 16.2. The van der Waals surface area contributed by atoms with Crippen molar-refractivity contribution in [3.05, 3.63) is 57.8 Å². The molecule has 1 aromatic carbocycles. The van der Waals surface area contributed by atoms with Crippen molar-refractivity contribution in [2.75, 3.05) is 26.2 Å². The molecule has 0 saturated carbocycles. The number of nitrogens with zero attached hydrogens (tertiary/aromatic N) is 1. The summed E-state index contributed by atoms with van der Waals surface area (Å²) in [5.41, 5.74) is 1.31. The number of amides is 1. The average Bonchev–Trinajstić information content (AvgIpc) is 3.01. The molecule has 0 bridgehead atoms. The summed E-state index contributed by atoms with van der Waals surface area (Å²) in [7, 11) is 0. The monoisotopic (exact) mass is 330 g/mol. The highest BCUT2D eigenvalue weighted by atomic mass is 32.1. The van der Waals surface area contributed by atoms with E-state index in [1.54, 1.807) is 0 Å². The lowest BCUT2D eigenvalue weighted by Gasteiger charge is -2.33. The fourth-order valence-electron chi connectivity index (χ4n) is 2.74. The molecular weight excluding hydrogens is 308 g/mol. The van der Waals surface area contributed by atoms with Crippen LogP contribution in [0.4, 0.5) is 0 Å². The van der Waals surface area contributed by atoms with Gasteiger partial charge in [0.15, 0.2) is 0 Å². The van der Waals surface area contributed by atoms with Crippen LogP contribution in [0.3, 0.4) is 0 Å². The first-order valence-corrected chi connectivity index (χ1v) is 8.75. The van der Waals surface area contributed by atoms with Crippen LogP contribution in [0.1, 0.15) is 20.1 Å². The van der Waals surface area contributed by atoms with Crippen molar-refractivity contribution < 1.29 is 9.53 Å². The molecule has 2 aromatic rings. The van der Waals surface area contributed by atoms with Gasteiger partial charge in [0.25, 0.3) is 5.91 Å². The third-order valence-corrected chi connectivity index (χ3v) is 4.93. The molecule has 1 aliphatic rings. The smallest absolute Gasteiger partial charge is 0.261 e. The number of hydrogen-bond donors (Lipinski definition) is 1. The van der Waals surface area contributed by atoms with Crippen LogP contribution in [0, 0.1) is 6.92 Å². The zero-order valence-corrected chi connectivity index (χ0v) is 14.1. The van der Waals surface area contributed by atoms with E-state index in [0.717, 1.165) is 29.4 Å². The fraction of sp³-hybridized carbons (Fsp3) is 0.389. The third-order valence-electron chi connectivity index (χ3n) is 3.93. The number of morpholine rings is 1. The number of ether oxygens (including phenoxy) is 1. The molecule has 5 heteroatoms. The van der Waals surface area contributed by atoms with Crippen LogP contribution in [-0.2, 0) is 11.3 Å². The standard InChI is InChI=1S/C18H22N2O2S/c1-14-7-8-17(23-14)18(21)19-11-16-13-20(9-10-22-16)12-15-5-3-2-4-6-15/h2-8,16H,9-13H2,1H3,(H,19,21). The minimum atomic E-state index is -0.00752.